The van der Waals surface area contributed by atoms with Crippen molar-refractivity contribution < 1.29 is 18.7 Å². The van der Waals surface area contributed by atoms with Crippen molar-refractivity contribution in [2.24, 2.45) is 0 Å². The van der Waals surface area contributed by atoms with Crippen LogP contribution in [0, 0.1) is 5.82 Å². The molecule has 1 atom stereocenters. The summed E-state index contributed by atoms with van der Waals surface area (Å²) < 4.78 is 18.5. The van der Waals surface area contributed by atoms with E-state index in [9.17, 15) is 14.0 Å². The van der Waals surface area contributed by atoms with Crippen LogP contribution in [0.3, 0.4) is 0 Å². The monoisotopic (exact) mass is 454 g/mol. The smallest absolute Gasteiger partial charge is 0.286 e. The first-order valence-corrected chi connectivity index (χ1v) is 11.3. The normalized spacial score (nSPS) is 15.9. The maximum absolute atomic E-state index is 13.0. The highest BCUT2D eigenvalue weighted by atomic mass is 32.1. The zero-order chi connectivity index (χ0) is 22.5. The lowest BCUT2D eigenvalue weighted by molar-refractivity contribution is 0.0706. The minimum Gasteiger partial charge on any atom is -0.494 e. The summed E-state index contributed by atoms with van der Waals surface area (Å²) in [5.74, 6) is -0.0287. The van der Waals surface area contributed by atoms with Gasteiger partial charge in [-0.3, -0.25) is 9.59 Å². The molecule has 1 aliphatic heterocycles. The quantitative estimate of drug-likeness (QED) is 0.599. The van der Waals surface area contributed by atoms with Crippen LogP contribution in [0.4, 0.5) is 10.1 Å². The molecule has 0 spiro atoms. The van der Waals surface area contributed by atoms with Gasteiger partial charge in [-0.15, -0.1) is 10.2 Å². The largest absolute Gasteiger partial charge is 0.494 e. The maximum Gasteiger partial charge on any atom is 0.286 e. The Hall–Kier alpha value is -3.33. The van der Waals surface area contributed by atoms with Crippen LogP contribution in [-0.2, 0) is 0 Å². The topological polar surface area (TPSA) is 84.4 Å². The van der Waals surface area contributed by atoms with Gasteiger partial charge in [0.25, 0.3) is 11.8 Å². The van der Waals surface area contributed by atoms with Crippen LogP contribution < -0.4 is 10.1 Å². The van der Waals surface area contributed by atoms with Gasteiger partial charge in [0.05, 0.1) is 6.61 Å². The van der Waals surface area contributed by atoms with Gasteiger partial charge in [0.2, 0.25) is 5.01 Å². The van der Waals surface area contributed by atoms with Crippen molar-refractivity contribution >= 4 is 28.8 Å². The van der Waals surface area contributed by atoms with Crippen LogP contribution in [0.2, 0.25) is 0 Å². The summed E-state index contributed by atoms with van der Waals surface area (Å²) in [7, 11) is 0. The zero-order valence-electron chi connectivity index (χ0n) is 17.6. The molecule has 2 heterocycles. The van der Waals surface area contributed by atoms with E-state index in [-0.39, 0.29) is 22.6 Å². The summed E-state index contributed by atoms with van der Waals surface area (Å²) in [5, 5.41) is 11.9. The number of nitrogens with zero attached hydrogens (tertiary/aromatic N) is 3. The standard InChI is InChI=1S/C23H23FN4O3S/c1-2-31-19-11-5-15(6-12-19)23(30)28-13-3-4-16(14-28)21-26-27-22(32-21)20(29)25-18-9-7-17(24)8-10-18/h5-12,16H,2-4,13-14H2,1H3,(H,25,29). The molecule has 0 saturated carbocycles. The summed E-state index contributed by atoms with van der Waals surface area (Å²) >= 11 is 1.22. The van der Waals surface area contributed by atoms with E-state index in [1.165, 1.54) is 35.6 Å². The molecule has 3 aromatic rings. The summed E-state index contributed by atoms with van der Waals surface area (Å²) in [6.07, 6.45) is 1.73. The van der Waals surface area contributed by atoms with E-state index in [0.29, 0.717) is 30.9 Å². The van der Waals surface area contributed by atoms with Crippen molar-refractivity contribution in [3.8, 4) is 5.75 Å². The number of piperidine rings is 1. The SMILES string of the molecule is CCOc1ccc(C(=O)N2CCCC(c3nnc(C(=O)Nc4ccc(F)cc4)s3)C2)cc1. The molecular formula is C23H23FN4O3S. The van der Waals surface area contributed by atoms with Gasteiger partial charge < -0.3 is 15.0 Å². The minimum absolute atomic E-state index is 0.0280. The molecule has 0 bridgehead atoms. The van der Waals surface area contributed by atoms with Gasteiger partial charge in [-0.1, -0.05) is 11.3 Å². The Morgan fingerprint density at radius 3 is 2.62 bits per heavy atom. The average molecular weight is 455 g/mol. The van der Waals surface area contributed by atoms with E-state index in [1.54, 1.807) is 24.3 Å². The Morgan fingerprint density at radius 1 is 1.16 bits per heavy atom. The molecule has 1 unspecified atom stereocenters. The highest BCUT2D eigenvalue weighted by molar-refractivity contribution is 7.13. The number of carbonyl (C=O) groups excluding carboxylic acids is 2. The summed E-state index contributed by atoms with van der Waals surface area (Å²) in [6, 6.07) is 12.7. The lowest BCUT2D eigenvalue weighted by Gasteiger charge is -2.31. The van der Waals surface area contributed by atoms with E-state index < -0.39 is 5.91 Å². The average Bonchev–Trinajstić information content (AvgIpc) is 3.32. The lowest BCUT2D eigenvalue weighted by atomic mass is 9.98. The Morgan fingerprint density at radius 2 is 1.91 bits per heavy atom. The Bertz CT molecular complexity index is 1090. The van der Waals surface area contributed by atoms with Gasteiger partial charge in [0.1, 0.15) is 16.6 Å². The number of aromatic nitrogens is 2. The zero-order valence-corrected chi connectivity index (χ0v) is 18.4. The molecule has 0 radical (unpaired) electrons. The van der Waals surface area contributed by atoms with Crippen LogP contribution in [0.5, 0.6) is 5.75 Å². The van der Waals surface area contributed by atoms with Crippen molar-refractivity contribution in [3.63, 3.8) is 0 Å². The van der Waals surface area contributed by atoms with E-state index in [4.69, 9.17) is 4.74 Å². The van der Waals surface area contributed by atoms with Crippen LogP contribution in [0.15, 0.2) is 48.5 Å². The molecule has 2 amide bonds. The molecule has 9 heteroatoms. The third-order valence-electron chi connectivity index (χ3n) is 5.21. The number of hydrogen-bond acceptors (Lipinski definition) is 6. The second-order valence-electron chi connectivity index (χ2n) is 7.45. The van der Waals surface area contributed by atoms with Gasteiger partial charge in [0.15, 0.2) is 0 Å². The third kappa shape index (κ3) is 5.11. The van der Waals surface area contributed by atoms with Gasteiger partial charge in [-0.25, -0.2) is 4.39 Å². The number of benzene rings is 2. The number of halogens is 1. The van der Waals surface area contributed by atoms with E-state index >= 15 is 0 Å². The molecule has 2 aromatic carbocycles. The molecule has 1 fully saturated rings. The summed E-state index contributed by atoms with van der Waals surface area (Å²) in [5.41, 5.74) is 1.10. The predicted molar refractivity (Wildman–Crippen MR) is 120 cm³/mol. The molecular weight excluding hydrogens is 431 g/mol. The first-order chi connectivity index (χ1) is 15.5. The third-order valence-corrected chi connectivity index (χ3v) is 6.29. The van der Waals surface area contributed by atoms with Gasteiger partial charge in [0, 0.05) is 30.3 Å². The van der Waals surface area contributed by atoms with E-state index in [0.717, 1.165) is 23.6 Å². The number of likely N-dealkylation sites (tertiary alicyclic amines) is 1. The number of hydrogen-bond donors (Lipinski definition) is 1. The van der Waals surface area contributed by atoms with Crippen molar-refractivity contribution in [1.82, 2.24) is 15.1 Å². The number of ether oxygens (including phenoxy) is 1. The minimum atomic E-state index is -0.390. The fourth-order valence-electron chi connectivity index (χ4n) is 3.62. The van der Waals surface area contributed by atoms with Crippen molar-refractivity contribution in [2.45, 2.75) is 25.7 Å². The first kappa shape index (κ1) is 21.9. The van der Waals surface area contributed by atoms with E-state index in [2.05, 4.69) is 15.5 Å². The second kappa shape index (κ2) is 9.86. The summed E-state index contributed by atoms with van der Waals surface area (Å²) in [6.45, 7) is 3.70. The van der Waals surface area contributed by atoms with Crippen molar-refractivity contribution in [3.05, 3.63) is 69.9 Å². The van der Waals surface area contributed by atoms with Crippen LogP contribution in [0.25, 0.3) is 0 Å². The highest BCUT2D eigenvalue weighted by Crippen LogP contribution is 2.30. The Labute approximate surface area is 189 Å². The first-order valence-electron chi connectivity index (χ1n) is 10.5. The van der Waals surface area contributed by atoms with Crippen LogP contribution in [-0.4, -0.2) is 46.6 Å². The molecule has 1 aromatic heterocycles. The van der Waals surface area contributed by atoms with Gasteiger partial charge in [-0.05, 0) is 68.3 Å². The van der Waals surface area contributed by atoms with Gasteiger partial charge >= 0.3 is 0 Å². The number of nitrogens with one attached hydrogen (secondary N) is 1. The lowest BCUT2D eigenvalue weighted by Crippen LogP contribution is -2.39. The summed E-state index contributed by atoms with van der Waals surface area (Å²) in [4.78, 5) is 27.2. The Balaban J connectivity index is 1.40. The molecule has 0 aliphatic carbocycles. The van der Waals surface area contributed by atoms with Crippen LogP contribution in [0.1, 0.15) is 50.9 Å². The number of rotatable bonds is 6. The fraction of sp³-hybridized carbons (Fsp3) is 0.304. The molecule has 32 heavy (non-hydrogen) atoms. The molecule has 166 valence electrons. The number of carbonyl (C=O) groups is 2. The second-order valence-corrected chi connectivity index (χ2v) is 8.46. The highest BCUT2D eigenvalue weighted by Gasteiger charge is 2.28. The molecule has 1 aliphatic rings. The predicted octanol–water partition coefficient (Wildman–Crippen LogP) is 4.35. The molecule has 4 rings (SSSR count). The fourth-order valence-corrected chi connectivity index (χ4v) is 4.48. The molecule has 1 N–H and O–H groups in total. The Kier molecular flexibility index (Phi) is 6.75. The molecule has 7 nitrogen and oxygen atoms in total. The van der Waals surface area contributed by atoms with Crippen molar-refractivity contribution in [1.29, 1.82) is 0 Å². The van der Waals surface area contributed by atoms with E-state index in [1.807, 2.05) is 11.8 Å². The maximum atomic E-state index is 13.0. The van der Waals surface area contributed by atoms with Crippen LogP contribution >= 0.6 is 11.3 Å². The van der Waals surface area contributed by atoms with Gasteiger partial charge in [-0.2, -0.15) is 0 Å². The number of anilines is 1. The van der Waals surface area contributed by atoms with Crippen molar-refractivity contribution in [2.75, 3.05) is 25.0 Å². The molecule has 1 saturated heterocycles. The number of amides is 2.